The molecule has 0 atom stereocenters. The van der Waals surface area contributed by atoms with Gasteiger partial charge in [-0.1, -0.05) is 12.1 Å². The third-order valence-electron chi connectivity index (χ3n) is 4.70. The van der Waals surface area contributed by atoms with E-state index in [1.165, 1.54) is 40.3 Å². The predicted molar refractivity (Wildman–Crippen MR) is 105 cm³/mol. The largest absolute Gasteiger partial charge is 0.298 e. The number of halogens is 1. The number of nitrogens with one attached hydrogen (secondary N) is 1. The zero-order valence-electron chi connectivity index (χ0n) is 14.5. The Kier molecular flexibility index (Phi) is 4.87. The van der Waals surface area contributed by atoms with E-state index < -0.39 is 0 Å². The van der Waals surface area contributed by atoms with Crippen molar-refractivity contribution in [3.63, 3.8) is 0 Å². The molecule has 4 rings (SSSR count). The molecule has 3 nitrogen and oxygen atoms in total. The molecule has 1 aromatic carbocycles. The van der Waals surface area contributed by atoms with E-state index in [1.54, 1.807) is 23.5 Å². The van der Waals surface area contributed by atoms with Crippen LogP contribution in [0.1, 0.15) is 49.8 Å². The highest BCUT2D eigenvalue weighted by atomic mass is 32.1. The Labute approximate surface area is 159 Å². The van der Waals surface area contributed by atoms with E-state index >= 15 is 0 Å². The summed E-state index contributed by atoms with van der Waals surface area (Å²) >= 11 is 3.18. The molecule has 0 bridgehead atoms. The Morgan fingerprint density at radius 1 is 1.23 bits per heavy atom. The summed E-state index contributed by atoms with van der Waals surface area (Å²) in [4.78, 5) is 19.6. The predicted octanol–water partition coefficient (Wildman–Crippen LogP) is 5.37. The number of thiazole rings is 1. The lowest BCUT2D eigenvalue weighted by Crippen LogP contribution is -2.14. The summed E-state index contributed by atoms with van der Waals surface area (Å²) in [7, 11) is 0. The average Bonchev–Trinajstić information content (AvgIpc) is 3.20. The third kappa shape index (κ3) is 3.57. The van der Waals surface area contributed by atoms with Gasteiger partial charge in [0.1, 0.15) is 5.82 Å². The first kappa shape index (κ1) is 17.4. The molecule has 0 unspecified atom stereocenters. The summed E-state index contributed by atoms with van der Waals surface area (Å²) in [5.41, 5.74) is 3.96. The van der Waals surface area contributed by atoms with Crippen molar-refractivity contribution >= 4 is 33.7 Å². The number of rotatable bonds is 4. The van der Waals surface area contributed by atoms with Crippen molar-refractivity contribution in [2.75, 3.05) is 5.32 Å². The molecule has 2 heterocycles. The van der Waals surface area contributed by atoms with E-state index in [1.807, 2.05) is 12.3 Å². The number of aryl methyl sites for hydroxylation is 2. The van der Waals surface area contributed by atoms with E-state index in [-0.39, 0.29) is 11.7 Å². The molecule has 2 aromatic heterocycles. The van der Waals surface area contributed by atoms with Gasteiger partial charge in [-0.2, -0.15) is 0 Å². The SMILES string of the molecule is Cc1nc(NC(=O)c2csc3c2CCCC3)sc1Cc1ccc(F)cc1. The summed E-state index contributed by atoms with van der Waals surface area (Å²) in [5.74, 6) is -0.298. The van der Waals surface area contributed by atoms with Crippen molar-refractivity contribution in [2.45, 2.75) is 39.0 Å². The second-order valence-electron chi connectivity index (χ2n) is 6.54. The van der Waals surface area contributed by atoms with E-state index in [2.05, 4.69) is 10.3 Å². The number of amides is 1. The van der Waals surface area contributed by atoms with Crippen LogP contribution in [0.15, 0.2) is 29.6 Å². The monoisotopic (exact) mass is 386 g/mol. The van der Waals surface area contributed by atoms with Crippen molar-refractivity contribution in [3.8, 4) is 0 Å². The minimum atomic E-state index is -0.234. The Morgan fingerprint density at radius 2 is 2.00 bits per heavy atom. The van der Waals surface area contributed by atoms with Crippen LogP contribution in [0.4, 0.5) is 9.52 Å². The topological polar surface area (TPSA) is 42.0 Å². The van der Waals surface area contributed by atoms with Crippen LogP contribution in [0.25, 0.3) is 0 Å². The molecule has 134 valence electrons. The Balaban J connectivity index is 1.49. The first-order valence-electron chi connectivity index (χ1n) is 8.71. The molecule has 1 N–H and O–H groups in total. The molecule has 0 spiro atoms. The third-order valence-corrected chi connectivity index (χ3v) is 6.86. The number of benzene rings is 1. The van der Waals surface area contributed by atoms with Gasteiger partial charge in [-0.25, -0.2) is 9.37 Å². The standard InChI is InChI=1S/C20H19FN2OS2/c1-12-18(10-13-6-8-14(21)9-7-13)26-20(22-12)23-19(24)16-11-25-17-5-3-2-4-15(16)17/h6-9,11H,2-5,10H2,1H3,(H,22,23,24). The van der Waals surface area contributed by atoms with Crippen LogP contribution in [0.3, 0.4) is 0 Å². The zero-order valence-corrected chi connectivity index (χ0v) is 16.1. The summed E-state index contributed by atoms with van der Waals surface area (Å²) in [6.07, 6.45) is 5.14. The van der Waals surface area contributed by atoms with Crippen molar-refractivity contribution in [3.05, 3.63) is 67.6 Å². The highest BCUT2D eigenvalue weighted by molar-refractivity contribution is 7.16. The van der Waals surface area contributed by atoms with Gasteiger partial charge in [0, 0.05) is 21.6 Å². The Bertz CT molecular complexity index is 943. The van der Waals surface area contributed by atoms with Gasteiger partial charge in [0.15, 0.2) is 5.13 Å². The molecule has 1 aliphatic rings. The van der Waals surface area contributed by atoms with Gasteiger partial charge >= 0.3 is 0 Å². The molecule has 3 aromatic rings. The highest BCUT2D eigenvalue weighted by Crippen LogP contribution is 2.31. The van der Waals surface area contributed by atoms with E-state index in [0.717, 1.165) is 41.0 Å². The van der Waals surface area contributed by atoms with Gasteiger partial charge < -0.3 is 0 Å². The fraction of sp³-hybridized carbons (Fsp3) is 0.300. The van der Waals surface area contributed by atoms with E-state index in [0.29, 0.717) is 11.6 Å². The summed E-state index contributed by atoms with van der Waals surface area (Å²) in [6.45, 7) is 1.94. The molecular weight excluding hydrogens is 367 g/mol. The molecule has 6 heteroatoms. The molecule has 0 saturated carbocycles. The number of hydrogen-bond donors (Lipinski definition) is 1. The number of carbonyl (C=O) groups is 1. The number of fused-ring (bicyclic) bond motifs is 1. The molecule has 0 saturated heterocycles. The lowest BCUT2D eigenvalue weighted by molar-refractivity contribution is 0.102. The molecule has 0 radical (unpaired) electrons. The van der Waals surface area contributed by atoms with Crippen LogP contribution in [-0.4, -0.2) is 10.9 Å². The van der Waals surface area contributed by atoms with Crippen molar-refractivity contribution in [2.24, 2.45) is 0 Å². The van der Waals surface area contributed by atoms with Crippen LogP contribution in [-0.2, 0) is 19.3 Å². The molecule has 0 aliphatic heterocycles. The van der Waals surface area contributed by atoms with Crippen LogP contribution >= 0.6 is 22.7 Å². The molecule has 1 aliphatic carbocycles. The maximum atomic E-state index is 13.1. The minimum Gasteiger partial charge on any atom is -0.298 e. The van der Waals surface area contributed by atoms with Crippen LogP contribution in [0.5, 0.6) is 0 Å². The second-order valence-corrected chi connectivity index (χ2v) is 8.59. The minimum absolute atomic E-state index is 0.0634. The van der Waals surface area contributed by atoms with Crippen molar-refractivity contribution in [1.29, 1.82) is 0 Å². The van der Waals surface area contributed by atoms with Gasteiger partial charge in [0.2, 0.25) is 0 Å². The van der Waals surface area contributed by atoms with Crippen molar-refractivity contribution < 1.29 is 9.18 Å². The molecule has 26 heavy (non-hydrogen) atoms. The number of aromatic nitrogens is 1. The number of anilines is 1. The maximum Gasteiger partial charge on any atom is 0.258 e. The quantitative estimate of drug-likeness (QED) is 0.655. The van der Waals surface area contributed by atoms with Crippen molar-refractivity contribution in [1.82, 2.24) is 4.98 Å². The van der Waals surface area contributed by atoms with E-state index in [9.17, 15) is 9.18 Å². The number of nitrogens with zero attached hydrogens (tertiary/aromatic N) is 1. The maximum absolute atomic E-state index is 13.1. The molecular formula is C20H19FN2OS2. The molecule has 1 amide bonds. The summed E-state index contributed by atoms with van der Waals surface area (Å²) in [6, 6.07) is 6.50. The lowest BCUT2D eigenvalue weighted by atomic mass is 9.96. The van der Waals surface area contributed by atoms with Gasteiger partial charge in [-0.15, -0.1) is 22.7 Å². The van der Waals surface area contributed by atoms with Crippen LogP contribution < -0.4 is 5.32 Å². The first-order chi connectivity index (χ1) is 12.6. The van der Waals surface area contributed by atoms with Gasteiger partial charge in [-0.05, 0) is 55.9 Å². The normalized spacial score (nSPS) is 13.5. The first-order valence-corrected chi connectivity index (χ1v) is 10.4. The van der Waals surface area contributed by atoms with Crippen LogP contribution in [0, 0.1) is 12.7 Å². The smallest absolute Gasteiger partial charge is 0.258 e. The average molecular weight is 387 g/mol. The number of thiophene rings is 1. The van der Waals surface area contributed by atoms with Gasteiger partial charge in [0.05, 0.1) is 11.3 Å². The number of hydrogen-bond acceptors (Lipinski definition) is 4. The zero-order chi connectivity index (χ0) is 18.1. The highest BCUT2D eigenvalue weighted by Gasteiger charge is 2.21. The molecule has 0 fully saturated rings. The van der Waals surface area contributed by atoms with E-state index in [4.69, 9.17) is 0 Å². The fourth-order valence-corrected chi connectivity index (χ4v) is 5.40. The van der Waals surface area contributed by atoms with Gasteiger partial charge in [0.25, 0.3) is 5.91 Å². The fourth-order valence-electron chi connectivity index (χ4n) is 3.28. The summed E-state index contributed by atoms with van der Waals surface area (Å²) in [5, 5.41) is 5.57. The lowest BCUT2D eigenvalue weighted by Gasteiger charge is -2.12. The Morgan fingerprint density at radius 3 is 2.81 bits per heavy atom. The van der Waals surface area contributed by atoms with Gasteiger partial charge in [-0.3, -0.25) is 10.1 Å². The second kappa shape index (κ2) is 7.29. The van der Waals surface area contributed by atoms with Crippen LogP contribution in [0.2, 0.25) is 0 Å². The summed E-state index contributed by atoms with van der Waals surface area (Å²) < 4.78 is 13.1. The number of carbonyl (C=O) groups excluding carboxylic acids is 1. The Hall–Kier alpha value is -2.05.